The first kappa shape index (κ1) is 15.3. The fraction of sp³-hybridized carbons (Fsp3) is 0.286. The highest BCUT2D eigenvalue weighted by molar-refractivity contribution is 9.11. The Morgan fingerprint density at radius 3 is 2.47 bits per heavy atom. The van der Waals surface area contributed by atoms with E-state index < -0.39 is 0 Å². The molecule has 5 heteroatoms. The average Bonchev–Trinajstić information content (AvgIpc) is 2.72. The largest absolute Gasteiger partial charge is 0.306 e. The van der Waals surface area contributed by atoms with E-state index in [9.17, 15) is 0 Å². The zero-order chi connectivity index (χ0) is 13.8. The highest BCUT2D eigenvalue weighted by atomic mass is 79.9. The van der Waals surface area contributed by atoms with Gasteiger partial charge in [-0.25, -0.2) is 0 Å². The van der Waals surface area contributed by atoms with Gasteiger partial charge >= 0.3 is 0 Å². The van der Waals surface area contributed by atoms with Crippen molar-refractivity contribution in [3.05, 3.63) is 54.6 Å². The summed E-state index contributed by atoms with van der Waals surface area (Å²) in [5, 5.41) is 5.06. The monoisotopic (exact) mass is 377 g/mol. The van der Waals surface area contributed by atoms with Crippen LogP contribution in [0, 0.1) is 0 Å². The van der Waals surface area contributed by atoms with Crippen molar-refractivity contribution in [2.45, 2.75) is 19.4 Å². The molecule has 1 nitrogen and oxygen atoms in total. The van der Waals surface area contributed by atoms with Gasteiger partial charge in [0, 0.05) is 9.90 Å². The lowest BCUT2D eigenvalue weighted by Crippen LogP contribution is -2.22. The molecule has 0 bridgehead atoms. The van der Waals surface area contributed by atoms with E-state index in [4.69, 9.17) is 23.2 Å². The summed E-state index contributed by atoms with van der Waals surface area (Å²) in [5.41, 5.74) is 1.20. The minimum Gasteiger partial charge on any atom is -0.306 e. The molecule has 1 unspecified atom stereocenters. The zero-order valence-electron chi connectivity index (χ0n) is 10.4. The van der Waals surface area contributed by atoms with Crippen molar-refractivity contribution in [3.8, 4) is 0 Å². The molecule has 0 aliphatic heterocycles. The lowest BCUT2D eigenvalue weighted by Gasteiger charge is -2.17. The van der Waals surface area contributed by atoms with Gasteiger partial charge < -0.3 is 5.32 Å². The average molecular weight is 379 g/mol. The van der Waals surface area contributed by atoms with Crippen LogP contribution in [-0.4, -0.2) is 6.54 Å². The van der Waals surface area contributed by atoms with Crippen LogP contribution in [0.25, 0.3) is 0 Å². The lowest BCUT2D eigenvalue weighted by molar-refractivity contribution is 0.606. The van der Waals surface area contributed by atoms with Gasteiger partial charge in [0.15, 0.2) is 0 Å². The normalized spacial score (nSPS) is 12.6. The van der Waals surface area contributed by atoms with Gasteiger partial charge in [-0.05, 0) is 52.7 Å². The van der Waals surface area contributed by atoms with Crippen molar-refractivity contribution in [1.82, 2.24) is 5.32 Å². The number of halogens is 3. The van der Waals surface area contributed by atoms with Crippen molar-refractivity contribution in [2.24, 2.45) is 0 Å². The molecule has 2 rings (SSSR count). The van der Waals surface area contributed by atoms with Crippen LogP contribution in [0.15, 0.2) is 34.1 Å². The summed E-state index contributed by atoms with van der Waals surface area (Å²) in [6, 6.07) is 10.1. The van der Waals surface area contributed by atoms with E-state index in [1.54, 1.807) is 11.3 Å². The molecule has 0 saturated heterocycles. The topological polar surface area (TPSA) is 12.0 Å². The van der Waals surface area contributed by atoms with Crippen LogP contribution in [0.1, 0.15) is 29.8 Å². The molecular formula is C14H14BrCl2NS. The lowest BCUT2D eigenvalue weighted by atomic mass is 10.1. The molecule has 1 N–H and O–H groups in total. The maximum absolute atomic E-state index is 6.13. The van der Waals surface area contributed by atoms with E-state index in [2.05, 4.69) is 40.3 Å². The minimum absolute atomic E-state index is 0.158. The Morgan fingerprint density at radius 1 is 1.26 bits per heavy atom. The van der Waals surface area contributed by atoms with Crippen molar-refractivity contribution in [3.63, 3.8) is 0 Å². The molecule has 0 aliphatic rings. The molecule has 102 valence electrons. The third-order valence-electron chi connectivity index (χ3n) is 2.75. The van der Waals surface area contributed by atoms with Crippen LogP contribution in [0.3, 0.4) is 0 Å². The maximum atomic E-state index is 6.13. The summed E-state index contributed by atoms with van der Waals surface area (Å²) in [5.74, 6) is 0. The summed E-state index contributed by atoms with van der Waals surface area (Å²) in [6.45, 7) is 3.11. The third kappa shape index (κ3) is 3.96. The number of nitrogens with one attached hydrogen (secondary N) is 1. The summed E-state index contributed by atoms with van der Waals surface area (Å²) < 4.78 is 0.974. The molecule has 1 heterocycles. The molecule has 0 radical (unpaired) electrons. The second-order valence-electron chi connectivity index (χ2n) is 4.21. The van der Waals surface area contributed by atoms with Crippen molar-refractivity contribution < 1.29 is 0 Å². The van der Waals surface area contributed by atoms with E-state index in [1.165, 1.54) is 10.4 Å². The fourth-order valence-corrected chi connectivity index (χ4v) is 3.81. The number of hydrogen-bond donors (Lipinski definition) is 1. The first-order valence-corrected chi connectivity index (χ1v) is 8.42. The van der Waals surface area contributed by atoms with Gasteiger partial charge in [-0.15, -0.1) is 11.3 Å². The van der Waals surface area contributed by atoms with Gasteiger partial charge in [0.2, 0.25) is 0 Å². The molecule has 2 aromatic rings. The van der Waals surface area contributed by atoms with Gasteiger partial charge in [-0.1, -0.05) is 42.3 Å². The molecule has 1 atom stereocenters. The van der Waals surface area contributed by atoms with Gasteiger partial charge in [0.1, 0.15) is 0 Å². The van der Waals surface area contributed by atoms with Gasteiger partial charge in [0.05, 0.1) is 14.9 Å². The van der Waals surface area contributed by atoms with Crippen molar-refractivity contribution in [2.75, 3.05) is 6.54 Å². The maximum Gasteiger partial charge on any atom is 0.0888 e. The molecule has 0 saturated carbocycles. The summed E-state index contributed by atoms with van der Waals surface area (Å²) in [4.78, 5) is 1.20. The number of thiophene rings is 1. The summed E-state index contributed by atoms with van der Waals surface area (Å²) in [7, 11) is 0. The van der Waals surface area contributed by atoms with Gasteiger partial charge in [-0.3, -0.25) is 0 Å². The highest BCUT2D eigenvalue weighted by Crippen LogP contribution is 2.37. The first-order chi connectivity index (χ1) is 9.11. The second kappa shape index (κ2) is 7.09. The Kier molecular flexibility index (Phi) is 5.72. The third-order valence-corrected chi connectivity index (χ3v) is 5.54. The predicted octanol–water partition coefficient (Wildman–Crippen LogP) is 5.91. The standard InChI is InChI=1S/C14H14BrCl2NS/c1-2-7-18-13(9-3-5-10(16)6-4-9)12-8-11(17)14(15)19-12/h3-6,8,13,18H,2,7H2,1H3. The van der Waals surface area contributed by atoms with E-state index in [0.717, 1.165) is 26.8 Å². The Balaban J connectivity index is 2.32. The Hall–Kier alpha value is -0.0600. The molecule has 1 aromatic carbocycles. The molecular weight excluding hydrogens is 365 g/mol. The van der Waals surface area contributed by atoms with E-state index in [0.29, 0.717) is 0 Å². The Labute approximate surface area is 136 Å². The van der Waals surface area contributed by atoms with Crippen LogP contribution >= 0.6 is 50.5 Å². The van der Waals surface area contributed by atoms with Crippen LogP contribution < -0.4 is 5.32 Å². The predicted molar refractivity (Wildman–Crippen MR) is 88.6 cm³/mol. The molecule has 0 fully saturated rings. The van der Waals surface area contributed by atoms with E-state index in [1.807, 2.05) is 18.2 Å². The fourth-order valence-electron chi connectivity index (χ4n) is 1.83. The van der Waals surface area contributed by atoms with Crippen LogP contribution in [-0.2, 0) is 0 Å². The van der Waals surface area contributed by atoms with Crippen LogP contribution in [0.5, 0.6) is 0 Å². The van der Waals surface area contributed by atoms with Gasteiger partial charge in [0.25, 0.3) is 0 Å². The quantitative estimate of drug-likeness (QED) is 0.682. The van der Waals surface area contributed by atoms with E-state index in [-0.39, 0.29) is 6.04 Å². The molecule has 0 aliphatic carbocycles. The zero-order valence-corrected chi connectivity index (χ0v) is 14.3. The molecule has 1 aromatic heterocycles. The number of benzene rings is 1. The molecule has 0 amide bonds. The summed E-state index contributed by atoms with van der Waals surface area (Å²) >= 11 is 17.2. The molecule has 0 spiro atoms. The number of rotatable bonds is 5. The van der Waals surface area contributed by atoms with Crippen LogP contribution in [0.2, 0.25) is 10.0 Å². The minimum atomic E-state index is 0.158. The van der Waals surface area contributed by atoms with Crippen molar-refractivity contribution >= 4 is 50.5 Å². The van der Waals surface area contributed by atoms with Gasteiger partial charge in [-0.2, -0.15) is 0 Å². The Morgan fingerprint density at radius 2 is 1.95 bits per heavy atom. The number of hydrogen-bond acceptors (Lipinski definition) is 2. The van der Waals surface area contributed by atoms with Crippen LogP contribution in [0.4, 0.5) is 0 Å². The second-order valence-corrected chi connectivity index (χ2v) is 7.45. The molecule has 19 heavy (non-hydrogen) atoms. The smallest absolute Gasteiger partial charge is 0.0888 e. The SMILES string of the molecule is CCCNC(c1ccc(Cl)cc1)c1cc(Cl)c(Br)s1. The van der Waals surface area contributed by atoms with E-state index >= 15 is 0 Å². The first-order valence-electron chi connectivity index (χ1n) is 6.05. The van der Waals surface area contributed by atoms with Crippen molar-refractivity contribution in [1.29, 1.82) is 0 Å². The Bertz CT molecular complexity index is 519. The summed E-state index contributed by atoms with van der Waals surface area (Å²) in [6.07, 6.45) is 1.09. The highest BCUT2D eigenvalue weighted by Gasteiger charge is 2.17.